The molecule has 0 aliphatic carbocycles. The van der Waals surface area contributed by atoms with Gasteiger partial charge < -0.3 is 5.11 Å². The maximum Gasteiger partial charge on any atom is 0.435 e. The predicted octanol–water partition coefficient (Wildman–Crippen LogP) is 3.13. The molecule has 0 aliphatic rings. The molecule has 0 saturated carbocycles. The normalized spacial score (nSPS) is 12.0. The fourth-order valence-corrected chi connectivity index (χ4v) is 1.59. The summed E-state index contributed by atoms with van der Waals surface area (Å²) in [5.41, 5.74) is -1.03. The third-order valence-corrected chi connectivity index (χ3v) is 2.52. The van der Waals surface area contributed by atoms with Crippen molar-refractivity contribution in [2.24, 2.45) is 0 Å². The van der Waals surface area contributed by atoms with Crippen molar-refractivity contribution in [3.63, 3.8) is 0 Å². The highest BCUT2D eigenvalue weighted by molar-refractivity contribution is 5.85. The van der Waals surface area contributed by atoms with Crippen LogP contribution < -0.4 is 0 Å². The molecule has 0 bridgehead atoms. The number of carbonyl (C=O) groups is 1. The number of halogens is 4. The van der Waals surface area contributed by atoms with E-state index in [1.807, 2.05) is 0 Å². The van der Waals surface area contributed by atoms with Gasteiger partial charge in [-0.15, -0.1) is 0 Å². The lowest BCUT2D eigenvalue weighted by molar-refractivity contribution is -0.141. The first-order valence-corrected chi connectivity index (χ1v) is 5.61. The molecule has 110 valence electrons. The Kier molecular flexibility index (Phi) is 3.79. The lowest BCUT2D eigenvalue weighted by Crippen LogP contribution is -2.07. The summed E-state index contributed by atoms with van der Waals surface area (Å²) in [5, 5.41) is 11.7. The highest BCUT2D eigenvalue weighted by Crippen LogP contribution is 2.28. The third kappa shape index (κ3) is 3.47. The summed E-state index contributed by atoms with van der Waals surface area (Å²) in [5.74, 6) is -2.01. The van der Waals surface area contributed by atoms with Crippen molar-refractivity contribution < 1.29 is 27.5 Å². The summed E-state index contributed by atoms with van der Waals surface area (Å²) >= 11 is 0. The molecule has 1 N–H and O–H groups in total. The van der Waals surface area contributed by atoms with Crippen LogP contribution in [0.25, 0.3) is 11.8 Å². The number of aromatic nitrogens is 2. The van der Waals surface area contributed by atoms with Crippen molar-refractivity contribution in [1.29, 1.82) is 0 Å². The Labute approximate surface area is 115 Å². The molecule has 0 atom stereocenters. The van der Waals surface area contributed by atoms with Crippen molar-refractivity contribution in [2.45, 2.75) is 6.18 Å². The van der Waals surface area contributed by atoms with Crippen molar-refractivity contribution >= 4 is 12.0 Å². The summed E-state index contributed by atoms with van der Waals surface area (Å²) in [6.07, 6.45) is -1.62. The van der Waals surface area contributed by atoms with Gasteiger partial charge in [0, 0.05) is 12.3 Å². The quantitative estimate of drug-likeness (QED) is 0.700. The van der Waals surface area contributed by atoms with E-state index < -0.39 is 23.7 Å². The number of carboxylic acid groups (broad SMARTS) is 1. The van der Waals surface area contributed by atoms with E-state index in [4.69, 9.17) is 5.11 Å². The molecule has 0 saturated heterocycles. The van der Waals surface area contributed by atoms with Crippen molar-refractivity contribution in [2.75, 3.05) is 0 Å². The zero-order chi connectivity index (χ0) is 15.6. The first-order chi connectivity index (χ1) is 9.77. The van der Waals surface area contributed by atoms with E-state index >= 15 is 0 Å². The highest BCUT2D eigenvalue weighted by Gasteiger charge is 2.33. The Balaban J connectivity index is 2.33. The van der Waals surface area contributed by atoms with Crippen LogP contribution in [0.15, 0.2) is 36.5 Å². The summed E-state index contributed by atoms with van der Waals surface area (Å²) in [6, 6.07) is 4.32. The summed E-state index contributed by atoms with van der Waals surface area (Å²) in [6.45, 7) is 0. The molecule has 0 fully saturated rings. The molecule has 0 radical (unpaired) electrons. The second-order valence-electron chi connectivity index (χ2n) is 4.03. The van der Waals surface area contributed by atoms with Gasteiger partial charge in [-0.2, -0.15) is 18.3 Å². The van der Waals surface area contributed by atoms with Crippen LogP contribution in [-0.4, -0.2) is 20.9 Å². The van der Waals surface area contributed by atoms with Gasteiger partial charge in [0.25, 0.3) is 0 Å². The van der Waals surface area contributed by atoms with E-state index in [1.54, 1.807) is 0 Å². The minimum absolute atomic E-state index is 0.169. The molecule has 1 aromatic heterocycles. The predicted molar refractivity (Wildman–Crippen MR) is 65.2 cm³/mol. The van der Waals surface area contributed by atoms with Crippen LogP contribution in [0, 0.1) is 5.82 Å². The Hall–Kier alpha value is -2.64. The molecule has 8 heteroatoms. The first kappa shape index (κ1) is 14.8. The van der Waals surface area contributed by atoms with Crippen molar-refractivity contribution in [1.82, 2.24) is 9.78 Å². The lowest BCUT2D eigenvalue weighted by atomic mass is 10.2. The van der Waals surface area contributed by atoms with Gasteiger partial charge in [-0.05, 0) is 29.8 Å². The number of carboxylic acids is 1. The van der Waals surface area contributed by atoms with Crippen LogP contribution >= 0.6 is 0 Å². The van der Waals surface area contributed by atoms with E-state index in [2.05, 4.69) is 5.10 Å². The number of alkyl halides is 3. The monoisotopic (exact) mass is 300 g/mol. The number of nitrogens with zero attached hydrogens (tertiary/aromatic N) is 2. The van der Waals surface area contributed by atoms with Crippen LogP contribution in [0.1, 0.15) is 11.3 Å². The minimum atomic E-state index is -4.61. The molecule has 4 nitrogen and oxygen atoms in total. The van der Waals surface area contributed by atoms with Crippen molar-refractivity contribution in [3.05, 3.63) is 53.6 Å². The Morgan fingerprint density at radius 3 is 2.52 bits per heavy atom. The zero-order valence-electron chi connectivity index (χ0n) is 10.3. The van der Waals surface area contributed by atoms with E-state index in [0.717, 1.165) is 29.1 Å². The van der Waals surface area contributed by atoms with Gasteiger partial charge in [0.2, 0.25) is 0 Å². The Morgan fingerprint density at radius 2 is 2.00 bits per heavy atom. The smallest absolute Gasteiger partial charge is 0.435 e. The molecule has 1 aromatic carbocycles. The zero-order valence-corrected chi connectivity index (χ0v) is 10.3. The van der Waals surface area contributed by atoms with Gasteiger partial charge in [0.05, 0.1) is 0 Å². The van der Waals surface area contributed by atoms with Crippen molar-refractivity contribution in [3.8, 4) is 5.69 Å². The number of hydrogen-bond acceptors (Lipinski definition) is 2. The molecule has 0 aliphatic heterocycles. The molecule has 0 spiro atoms. The van der Waals surface area contributed by atoms with Crippen LogP contribution in [0.3, 0.4) is 0 Å². The van der Waals surface area contributed by atoms with Gasteiger partial charge in [-0.3, -0.25) is 0 Å². The molecule has 0 amide bonds. The number of rotatable bonds is 3. The van der Waals surface area contributed by atoms with E-state index in [0.29, 0.717) is 0 Å². The first-order valence-electron chi connectivity index (χ1n) is 5.61. The second kappa shape index (κ2) is 5.39. The van der Waals surface area contributed by atoms with E-state index in [1.165, 1.54) is 18.2 Å². The van der Waals surface area contributed by atoms with Crippen LogP contribution in [0.5, 0.6) is 0 Å². The van der Waals surface area contributed by atoms with E-state index in [-0.39, 0.29) is 11.3 Å². The molecule has 0 unspecified atom stereocenters. The van der Waals surface area contributed by atoms with Gasteiger partial charge in [0.15, 0.2) is 5.69 Å². The average Bonchev–Trinajstić information content (AvgIpc) is 2.85. The fourth-order valence-electron chi connectivity index (χ4n) is 1.59. The van der Waals surface area contributed by atoms with Gasteiger partial charge in [-0.25, -0.2) is 13.9 Å². The van der Waals surface area contributed by atoms with Crippen LogP contribution in [0.4, 0.5) is 17.6 Å². The van der Waals surface area contributed by atoms with Gasteiger partial charge in [-0.1, -0.05) is 6.07 Å². The summed E-state index contributed by atoms with van der Waals surface area (Å²) < 4.78 is 51.9. The number of aliphatic carboxylic acids is 1. The molecule has 1 heterocycles. The minimum Gasteiger partial charge on any atom is -0.478 e. The maximum atomic E-state index is 13.8. The Bertz CT molecular complexity index is 704. The summed E-state index contributed by atoms with van der Waals surface area (Å²) in [7, 11) is 0. The Morgan fingerprint density at radius 1 is 1.29 bits per heavy atom. The summed E-state index contributed by atoms with van der Waals surface area (Å²) in [4.78, 5) is 10.3. The standard InChI is InChI=1S/C13H8F4N2O2/c14-9-7-8(2-4-12(20)21)1-3-10(9)19-6-5-11(18-19)13(15,16)17/h1-7H,(H,20,21). The average molecular weight is 300 g/mol. The molecule has 2 rings (SSSR count). The maximum absolute atomic E-state index is 13.8. The van der Waals surface area contributed by atoms with Gasteiger partial charge in [0.1, 0.15) is 11.5 Å². The number of benzene rings is 1. The van der Waals surface area contributed by atoms with E-state index in [9.17, 15) is 22.4 Å². The highest BCUT2D eigenvalue weighted by atomic mass is 19.4. The third-order valence-electron chi connectivity index (χ3n) is 2.52. The molecule has 2 aromatic rings. The molecular weight excluding hydrogens is 292 g/mol. The second-order valence-corrected chi connectivity index (χ2v) is 4.03. The van der Waals surface area contributed by atoms with Crippen LogP contribution in [0.2, 0.25) is 0 Å². The SMILES string of the molecule is O=C(O)C=Cc1ccc(-n2ccc(C(F)(F)F)n2)c(F)c1. The largest absolute Gasteiger partial charge is 0.478 e. The lowest BCUT2D eigenvalue weighted by Gasteiger charge is -2.05. The number of hydrogen-bond donors (Lipinski definition) is 1. The molecule has 21 heavy (non-hydrogen) atoms. The molecular formula is C13H8F4N2O2. The fraction of sp³-hybridized carbons (Fsp3) is 0.0769. The van der Waals surface area contributed by atoms with Crippen LogP contribution in [-0.2, 0) is 11.0 Å². The van der Waals surface area contributed by atoms with Gasteiger partial charge >= 0.3 is 12.1 Å². The topological polar surface area (TPSA) is 55.1 Å².